The topological polar surface area (TPSA) is 98.0 Å². The van der Waals surface area contributed by atoms with Crippen LogP contribution in [0.25, 0.3) is 0 Å². The first kappa shape index (κ1) is 17.6. The lowest BCUT2D eigenvalue weighted by molar-refractivity contribution is -0.385. The Morgan fingerprint density at radius 1 is 1.27 bits per heavy atom. The maximum atomic E-state index is 11.2. The molecule has 0 radical (unpaired) electrons. The highest BCUT2D eigenvalue weighted by Gasteiger charge is 2.22. The molecule has 0 saturated carbocycles. The Bertz CT molecular complexity index is 914. The zero-order valence-corrected chi connectivity index (χ0v) is 14.9. The molecule has 8 nitrogen and oxygen atoms in total. The molecule has 134 valence electrons. The van der Waals surface area contributed by atoms with Crippen LogP contribution in [0.1, 0.15) is 16.7 Å². The van der Waals surface area contributed by atoms with Crippen LogP contribution >= 0.6 is 12.2 Å². The second-order valence-corrected chi connectivity index (χ2v) is 6.07. The van der Waals surface area contributed by atoms with E-state index >= 15 is 0 Å². The van der Waals surface area contributed by atoms with Crippen LogP contribution in [0, 0.1) is 24.0 Å². The van der Waals surface area contributed by atoms with Gasteiger partial charge in [0.1, 0.15) is 0 Å². The quantitative estimate of drug-likeness (QED) is 0.368. The van der Waals surface area contributed by atoms with Crippen molar-refractivity contribution in [3.05, 3.63) is 57.1 Å². The Morgan fingerprint density at radius 2 is 2.00 bits per heavy atom. The van der Waals surface area contributed by atoms with Crippen LogP contribution in [-0.4, -0.2) is 23.0 Å². The van der Waals surface area contributed by atoms with Gasteiger partial charge in [-0.15, -0.1) is 0 Å². The van der Waals surface area contributed by atoms with E-state index in [1.807, 2.05) is 32.0 Å². The third-order valence-corrected chi connectivity index (χ3v) is 3.91. The first-order valence-electron chi connectivity index (χ1n) is 7.69. The van der Waals surface area contributed by atoms with Gasteiger partial charge >= 0.3 is 0 Å². The lowest BCUT2D eigenvalue weighted by Crippen LogP contribution is -2.24. The standard InChI is InChI=1S/C17H16N4O4S/c1-10-3-4-13(11(2)5-10)19-17(26)20-18-8-12-6-15-16(25-9-24-15)7-14(12)21(22)23/h3-8H,9H2,1-2H3,(H2,19,20,26)/b18-8-. The van der Waals surface area contributed by atoms with Crippen molar-refractivity contribution < 1.29 is 14.4 Å². The van der Waals surface area contributed by atoms with Crippen molar-refractivity contribution in [2.24, 2.45) is 5.10 Å². The van der Waals surface area contributed by atoms with Gasteiger partial charge in [-0.1, -0.05) is 17.7 Å². The molecule has 3 rings (SSSR count). The van der Waals surface area contributed by atoms with Crippen molar-refractivity contribution in [3.63, 3.8) is 0 Å². The van der Waals surface area contributed by atoms with Gasteiger partial charge in [-0.3, -0.25) is 15.5 Å². The number of rotatable bonds is 4. The lowest BCUT2D eigenvalue weighted by atomic mass is 10.1. The summed E-state index contributed by atoms with van der Waals surface area (Å²) in [5.74, 6) is 0.780. The van der Waals surface area contributed by atoms with Crippen LogP contribution in [0.4, 0.5) is 11.4 Å². The highest BCUT2D eigenvalue weighted by atomic mass is 32.1. The zero-order chi connectivity index (χ0) is 18.7. The van der Waals surface area contributed by atoms with Crippen LogP contribution in [0.3, 0.4) is 0 Å². The fraction of sp³-hybridized carbons (Fsp3) is 0.176. The molecule has 0 saturated heterocycles. The number of anilines is 1. The molecule has 1 aliphatic heterocycles. The van der Waals surface area contributed by atoms with E-state index in [2.05, 4.69) is 15.8 Å². The zero-order valence-electron chi connectivity index (χ0n) is 14.1. The van der Waals surface area contributed by atoms with Crippen LogP contribution in [0.2, 0.25) is 0 Å². The SMILES string of the molecule is Cc1ccc(NC(=S)N/N=C\c2cc3c(cc2[N+](=O)[O-])OCO3)c(C)c1. The predicted octanol–water partition coefficient (Wildman–Crippen LogP) is 3.26. The monoisotopic (exact) mass is 372 g/mol. The second-order valence-electron chi connectivity index (χ2n) is 5.66. The predicted molar refractivity (Wildman–Crippen MR) is 102 cm³/mol. The van der Waals surface area contributed by atoms with Gasteiger partial charge in [-0.2, -0.15) is 5.10 Å². The third kappa shape index (κ3) is 3.89. The Hall–Kier alpha value is -3.20. The Labute approximate surface area is 155 Å². The third-order valence-electron chi connectivity index (χ3n) is 3.72. The number of hydrazone groups is 1. The minimum atomic E-state index is -0.504. The molecule has 0 amide bonds. The molecule has 0 bridgehead atoms. The van der Waals surface area contributed by atoms with Crippen LogP contribution in [-0.2, 0) is 0 Å². The number of ether oxygens (including phenoxy) is 2. The molecule has 2 aromatic rings. The summed E-state index contributed by atoms with van der Waals surface area (Å²) in [6.45, 7) is 4.02. The molecule has 0 aromatic heterocycles. The average Bonchev–Trinajstić information content (AvgIpc) is 3.04. The Kier molecular flexibility index (Phi) is 4.99. The van der Waals surface area contributed by atoms with Crippen LogP contribution in [0.15, 0.2) is 35.4 Å². The number of hydrogen-bond acceptors (Lipinski definition) is 6. The normalized spacial score (nSPS) is 12.2. The first-order valence-corrected chi connectivity index (χ1v) is 8.10. The summed E-state index contributed by atoms with van der Waals surface area (Å²) in [6, 6.07) is 8.74. The summed E-state index contributed by atoms with van der Waals surface area (Å²) < 4.78 is 10.4. The largest absolute Gasteiger partial charge is 0.454 e. The van der Waals surface area contributed by atoms with Gasteiger partial charge in [-0.25, -0.2) is 0 Å². The van der Waals surface area contributed by atoms with E-state index in [4.69, 9.17) is 21.7 Å². The summed E-state index contributed by atoms with van der Waals surface area (Å²) in [7, 11) is 0. The smallest absolute Gasteiger partial charge is 0.282 e. The summed E-state index contributed by atoms with van der Waals surface area (Å²) >= 11 is 5.19. The molecule has 0 spiro atoms. The van der Waals surface area contributed by atoms with E-state index in [1.54, 1.807) is 0 Å². The lowest BCUT2D eigenvalue weighted by Gasteiger charge is -2.10. The van der Waals surface area contributed by atoms with Crippen molar-refractivity contribution >= 4 is 34.9 Å². The molecular formula is C17H16N4O4S. The molecule has 0 unspecified atom stereocenters. The van der Waals surface area contributed by atoms with Gasteiger partial charge in [0.2, 0.25) is 6.79 Å². The van der Waals surface area contributed by atoms with Crippen molar-refractivity contribution in [1.29, 1.82) is 0 Å². The number of nitrogens with zero attached hydrogens (tertiary/aromatic N) is 2. The van der Waals surface area contributed by atoms with Gasteiger partial charge in [0, 0.05) is 5.69 Å². The Morgan fingerprint density at radius 3 is 2.69 bits per heavy atom. The fourth-order valence-corrected chi connectivity index (χ4v) is 2.64. The van der Waals surface area contributed by atoms with Crippen LogP contribution in [0.5, 0.6) is 11.5 Å². The number of fused-ring (bicyclic) bond motifs is 1. The number of hydrogen-bond donors (Lipinski definition) is 2. The van der Waals surface area contributed by atoms with Gasteiger partial charge in [0.05, 0.1) is 22.8 Å². The van der Waals surface area contributed by atoms with E-state index in [0.717, 1.165) is 16.8 Å². The van der Waals surface area contributed by atoms with Crippen molar-refractivity contribution in [2.75, 3.05) is 12.1 Å². The fourth-order valence-electron chi connectivity index (χ4n) is 2.47. The summed E-state index contributed by atoms with van der Waals surface area (Å²) in [5.41, 5.74) is 5.86. The highest BCUT2D eigenvalue weighted by Crippen LogP contribution is 2.37. The summed E-state index contributed by atoms with van der Waals surface area (Å²) in [4.78, 5) is 10.7. The number of benzene rings is 2. The summed E-state index contributed by atoms with van der Waals surface area (Å²) in [5, 5.41) is 18.5. The number of nitro groups is 1. The van der Waals surface area contributed by atoms with E-state index in [1.165, 1.54) is 18.3 Å². The molecule has 9 heteroatoms. The van der Waals surface area contributed by atoms with Gasteiger partial charge < -0.3 is 14.8 Å². The highest BCUT2D eigenvalue weighted by molar-refractivity contribution is 7.80. The first-order chi connectivity index (χ1) is 12.4. The molecule has 26 heavy (non-hydrogen) atoms. The number of thiocarbonyl (C=S) groups is 1. The van der Waals surface area contributed by atoms with E-state index in [9.17, 15) is 10.1 Å². The number of nitro benzene ring substituents is 1. The minimum absolute atomic E-state index is 0.0369. The molecule has 0 aliphatic carbocycles. The molecule has 0 fully saturated rings. The van der Waals surface area contributed by atoms with Crippen LogP contribution < -0.4 is 20.2 Å². The number of aryl methyl sites for hydroxylation is 2. The Balaban J connectivity index is 1.70. The van der Waals surface area contributed by atoms with E-state index < -0.39 is 4.92 Å². The van der Waals surface area contributed by atoms with Gasteiger partial charge in [0.15, 0.2) is 16.6 Å². The van der Waals surface area contributed by atoms with Gasteiger partial charge in [0.25, 0.3) is 5.69 Å². The molecule has 1 aliphatic rings. The maximum absolute atomic E-state index is 11.2. The molecule has 1 heterocycles. The van der Waals surface area contributed by atoms with Crippen molar-refractivity contribution in [1.82, 2.24) is 5.43 Å². The molecule has 0 atom stereocenters. The average molecular weight is 372 g/mol. The molecule has 2 N–H and O–H groups in total. The molecule has 2 aromatic carbocycles. The number of nitrogens with one attached hydrogen (secondary N) is 2. The van der Waals surface area contributed by atoms with Crippen molar-refractivity contribution in [2.45, 2.75) is 13.8 Å². The minimum Gasteiger partial charge on any atom is -0.454 e. The second kappa shape index (κ2) is 7.36. The maximum Gasteiger partial charge on any atom is 0.282 e. The van der Waals surface area contributed by atoms with E-state index in [-0.39, 0.29) is 23.2 Å². The molecular weight excluding hydrogens is 356 g/mol. The summed E-state index contributed by atoms with van der Waals surface area (Å²) in [6.07, 6.45) is 1.32. The van der Waals surface area contributed by atoms with E-state index in [0.29, 0.717) is 11.5 Å². The van der Waals surface area contributed by atoms with Gasteiger partial charge in [-0.05, 0) is 43.8 Å². The van der Waals surface area contributed by atoms with Crippen molar-refractivity contribution in [3.8, 4) is 11.5 Å².